The Morgan fingerprint density at radius 3 is 2.38 bits per heavy atom. The van der Waals surface area contributed by atoms with Crippen LogP contribution < -0.4 is 5.43 Å². The van der Waals surface area contributed by atoms with E-state index < -0.39 is 0 Å². The van der Waals surface area contributed by atoms with Crippen LogP contribution in [0.15, 0.2) is 89.1 Å². The number of hydrogen-bond donors (Lipinski definition) is 1. The lowest BCUT2D eigenvalue weighted by atomic mass is 10.1. The van der Waals surface area contributed by atoms with Gasteiger partial charge in [0.15, 0.2) is 11.0 Å². The third-order valence-electron chi connectivity index (χ3n) is 6.09. The second-order valence-electron chi connectivity index (χ2n) is 8.90. The topological polar surface area (TPSA) is 90.0 Å². The Bertz CT molecular complexity index is 1630. The van der Waals surface area contributed by atoms with Gasteiger partial charge >= 0.3 is 0 Å². The molecule has 0 aliphatic carbocycles. The third kappa shape index (κ3) is 5.94. The van der Waals surface area contributed by atoms with Crippen molar-refractivity contribution in [2.75, 3.05) is 5.75 Å². The Labute approximate surface area is 235 Å². The highest BCUT2D eigenvalue weighted by Crippen LogP contribution is 2.29. The average Bonchev–Trinajstić information content (AvgIpc) is 3.49. The molecule has 3 aromatic carbocycles. The molecule has 0 spiro atoms. The quantitative estimate of drug-likeness (QED) is 0.145. The van der Waals surface area contributed by atoms with Crippen molar-refractivity contribution in [2.24, 2.45) is 5.10 Å². The Morgan fingerprint density at radius 2 is 1.67 bits per heavy atom. The lowest BCUT2D eigenvalue weighted by molar-refractivity contribution is -0.118. The molecule has 2 heterocycles. The van der Waals surface area contributed by atoms with Crippen molar-refractivity contribution >= 4 is 35.5 Å². The second kappa shape index (κ2) is 11.7. The van der Waals surface area contributed by atoms with E-state index in [1.165, 1.54) is 11.8 Å². The molecule has 8 nitrogen and oxygen atoms in total. The highest BCUT2D eigenvalue weighted by Gasteiger charge is 2.17. The number of halogens is 1. The molecule has 196 valence electrons. The maximum absolute atomic E-state index is 12.7. The van der Waals surface area contributed by atoms with Crippen LogP contribution in [0.25, 0.3) is 22.8 Å². The lowest BCUT2D eigenvalue weighted by Crippen LogP contribution is -2.20. The Kier molecular flexibility index (Phi) is 7.90. The molecule has 0 radical (unpaired) electrons. The summed E-state index contributed by atoms with van der Waals surface area (Å²) < 4.78 is 3.79. The number of carbonyl (C=O) groups is 1. The van der Waals surface area contributed by atoms with E-state index in [1.54, 1.807) is 6.21 Å². The Balaban J connectivity index is 1.30. The molecule has 0 saturated carbocycles. The number of carbonyl (C=O) groups excluding carboxylic acids is 1. The number of para-hydroxylation sites is 1. The molecule has 0 aliphatic rings. The molecule has 0 fully saturated rings. The van der Waals surface area contributed by atoms with Gasteiger partial charge in [0.05, 0.1) is 29.0 Å². The molecule has 10 heteroatoms. The van der Waals surface area contributed by atoms with Gasteiger partial charge in [-0.15, -0.1) is 10.2 Å². The summed E-state index contributed by atoms with van der Waals surface area (Å²) in [5.74, 6) is 0.530. The largest absolute Gasteiger partial charge is 0.272 e. The second-order valence-corrected chi connectivity index (χ2v) is 10.3. The normalized spacial score (nSPS) is 11.3. The fraction of sp³-hybridized carbons (Fsp3) is 0.138. The van der Waals surface area contributed by atoms with Crippen LogP contribution in [0.1, 0.15) is 22.5 Å². The van der Waals surface area contributed by atoms with Gasteiger partial charge in [-0.25, -0.2) is 10.1 Å². The van der Waals surface area contributed by atoms with E-state index in [0.717, 1.165) is 39.5 Å². The number of aryl methyl sites for hydroxylation is 2. The van der Waals surface area contributed by atoms with Gasteiger partial charge in [0.1, 0.15) is 0 Å². The minimum Gasteiger partial charge on any atom is -0.272 e. The van der Waals surface area contributed by atoms with Crippen LogP contribution in [0.5, 0.6) is 0 Å². The van der Waals surface area contributed by atoms with Crippen molar-refractivity contribution in [3.8, 4) is 22.8 Å². The zero-order valence-electron chi connectivity index (χ0n) is 21.7. The number of hydrogen-bond acceptors (Lipinski definition) is 6. The Morgan fingerprint density at radius 1 is 0.949 bits per heavy atom. The molecule has 0 bridgehead atoms. The maximum Gasteiger partial charge on any atom is 0.250 e. The molecule has 5 rings (SSSR count). The first-order chi connectivity index (χ1) is 18.9. The first-order valence-corrected chi connectivity index (χ1v) is 13.6. The maximum atomic E-state index is 12.7. The fourth-order valence-electron chi connectivity index (χ4n) is 4.07. The fourth-order valence-corrected chi connectivity index (χ4v) is 4.94. The molecule has 39 heavy (non-hydrogen) atoms. The van der Waals surface area contributed by atoms with Gasteiger partial charge in [-0.2, -0.15) is 10.2 Å². The van der Waals surface area contributed by atoms with Crippen molar-refractivity contribution in [3.05, 3.63) is 106 Å². The molecular weight excluding hydrogens is 530 g/mol. The number of rotatable bonds is 8. The minimum atomic E-state index is -0.260. The van der Waals surface area contributed by atoms with Gasteiger partial charge in [0, 0.05) is 21.8 Å². The number of amides is 1. The molecule has 5 aromatic rings. The van der Waals surface area contributed by atoms with Gasteiger partial charge in [-0.1, -0.05) is 71.4 Å². The van der Waals surface area contributed by atoms with Crippen molar-refractivity contribution in [3.63, 3.8) is 0 Å². The predicted molar refractivity (Wildman–Crippen MR) is 156 cm³/mol. The van der Waals surface area contributed by atoms with Crippen LogP contribution >= 0.6 is 23.4 Å². The van der Waals surface area contributed by atoms with E-state index in [4.69, 9.17) is 11.6 Å². The van der Waals surface area contributed by atoms with Crippen LogP contribution in [0.3, 0.4) is 0 Å². The molecule has 1 N–H and O–H groups in total. The number of hydrazone groups is 1. The standard InChI is InChI=1S/C29H26ClN7OS/c1-19-9-11-22(12-10-19)28-33-34-29(36(28)24-15-13-23(30)14-16-24)39-18-27(38)32-31-17-26-20(2)35-37(21(26)3)25-7-5-4-6-8-25/h4-17H,18H2,1-3H3,(H,32,38). The molecule has 1 amide bonds. The van der Waals surface area contributed by atoms with E-state index in [1.807, 2.05) is 109 Å². The first kappa shape index (κ1) is 26.4. The summed E-state index contributed by atoms with van der Waals surface area (Å²) in [4.78, 5) is 12.7. The number of nitrogens with one attached hydrogen (secondary N) is 1. The number of benzene rings is 3. The van der Waals surface area contributed by atoms with Crippen molar-refractivity contribution in [1.29, 1.82) is 0 Å². The number of aromatic nitrogens is 5. The molecule has 0 saturated heterocycles. The third-order valence-corrected chi connectivity index (χ3v) is 7.27. The van der Waals surface area contributed by atoms with Crippen molar-refractivity contribution in [2.45, 2.75) is 25.9 Å². The smallest absolute Gasteiger partial charge is 0.250 e. The highest BCUT2D eigenvalue weighted by molar-refractivity contribution is 7.99. The van der Waals surface area contributed by atoms with Crippen molar-refractivity contribution in [1.82, 2.24) is 30.0 Å². The summed E-state index contributed by atoms with van der Waals surface area (Å²) >= 11 is 7.40. The SMILES string of the molecule is Cc1ccc(-c2nnc(SCC(=O)NN=Cc3c(C)nn(-c4ccccc4)c3C)n2-c2ccc(Cl)cc2)cc1. The summed E-state index contributed by atoms with van der Waals surface area (Å²) in [5.41, 5.74) is 9.12. The van der Waals surface area contributed by atoms with E-state index in [2.05, 4.69) is 25.8 Å². The number of nitrogens with zero attached hydrogens (tertiary/aromatic N) is 6. The summed E-state index contributed by atoms with van der Waals surface area (Å²) in [6.45, 7) is 5.93. The van der Waals surface area contributed by atoms with Gasteiger partial charge in [0.2, 0.25) is 0 Å². The molecule has 0 aliphatic heterocycles. The van der Waals surface area contributed by atoms with Crippen molar-refractivity contribution < 1.29 is 4.79 Å². The highest BCUT2D eigenvalue weighted by atomic mass is 35.5. The summed E-state index contributed by atoms with van der Waals surface area (Å²) in [6, 6.07) is 25.4. The van der Waals surface area contributed by atoms with Crippen LogP contribution in [0.2, 0.25) is 5.02 Å². The average molecular weight is 556 g/mol. The first-order valence-electron chi connectivity index (χ1n) is 12.3. The van der Waals surface area contributed by atoms with Gasteiger partial charge in [0.25, 0.3) is 5.91 Å². The lowest BCUT2D eigenvalue weighted by Gasteiger charge is -2.10. The minimum absolute atomic E-state index is 0.109. The monoisotopic (exact) mass is 555 g/mol. The van der Waals surface area contributed by atoms with E-state index in [0.29, 0.717) is 16.0 Å². The van der Waals surface area contributed by atoms with E-state index in [9.17, 15) is 4.79 Å². The Hall–Kier alpha value is -4.21. The number of thioether (sulfide) groups is 1. The molecule has 0 unspecified atom stereocenters. The zero-order valence-corrected chi connectivity index (χ0v) is 23.2. The van der Waals surface area contributed by atoms with Gasteiger partial charge in [-0.05, 0) is 57.2 Å². The van der Waals surface area contributed by atoms with Gasteiger partial charge in [-0.3, -0.25) is 9.36 Å². The summed E-state index contributed by atoms with van der Waals surface area (Å²) in [7, 11) is 0. The van der Waals surface area contributed by atoms with Crippen LogP contribution in [0, 0.1) is 20.8 Å². The van der Waals surface area contributed by atoms with Crippen LogP contribution in [-0.2, 0) is 4.79 Å². The summed E-state index contributed by atoms with van der Waals surface area (Å²) in [6.07, 6.45) is 1.63. The van der Waals surface area contributed by atoms with Crippen LogP contribution in [-0.4, -0.2) is 42.4 Å². The van der Waals surface area contributed by atoms with Crippen LogP contribution in [0.4, 0.5) is 0 Å². The molecule has 2 aromatic heterocycles. The molecular formula is C29H26ClN7OS. The zero-order chi connectivity index (χ0) is 27.4. The van der Waals surface area contributed by atoms with E-state index >= 15 is 0 Å². The van der Waals surface area contributed by atoms with Gasteiger partial charge < -0.3 is 0 Å². The molecule has 0 atom stereocenters. The predicted octanol–water partition coefficient (Wildman–Crippen LogP) is 5.94. The van der Waals surface area contributed by atoms with E-state index in [-0.39, 0.29) is 11.7 Å². The summed E-state index contributed by atoms with van der Waals surface area (Å²) in [5, 5.41) is 18.8.